The average Bonchev–Trinajstić information content (AvgIpc) is 2.40. The molecule has 1 unspecified atom stereocenters. The van der Waals surface area contributed by atoms with Crippen LogP contribution in [0.2, 0.25) is 0 Å². The van der Waals surface area contributed by atoms with Crippen LogP contribution in [-0.4, -0.2) is 11.5 Å². The molecule has 2 aromatic rings. The summed E-state index contributed by atoms with van der Waals surface area (Å²) in [5.41, 5.74) is 6.77. The molecule has 0 aliphatic heterocycles. The molecule has 1 heterocycles. The van der Waals surface area contributed by atoms with Crippen LogP contribution in [0.15, 0.2) is 54.9 Å². The fourth-order valence-electron chi connectivity index (χ4n) is 1.69. The molecule has 3 nitrogen and oxygen atoms in total. The standard InChI is InChI=1S/C14H16N2O/c15-9-8-14(12-5-2-1-3-6-12)17-13-7-4-10-16-11-13/h1-7,10-11,14H,8-9,15H2. The topological polar surface area (TPSA) is 48.1 Å². The number of aromatic nitrogens is 1. The molecular formula is C14H16N2O. The summed E-state index contributed by atoms with van der Waals surface area (Å²) in [7, 11) is 0. The van der Waals surface area contributed by atoms with Gasteiger partial charge < -0.3 is 10.5 Å². The number of pyridine rings is 1. The third kappa shape index (κ3) is 3.29. The van der Waals surface area contributed by atoms with Crippen molar-refractivity contribution in [3.63, 3.8) is 0 Å². The Morgan fingerprint density at radius 3 is 2.59 bits per heavy atom. The summed E-state index contributed by atoms with van der Waals surface area (Å²) in [6.45, 7) is 0.597. The lowest BCUT2D eigenvalue weighted by Crippen LogP contribution is -2.13. The quantitative estimate of drug-likeness (QED) is 0.855. The Balaban J connectivity index is 2.13. The summed E-state index contributed by atoms with van der Waals surface area (Å²) in [4.78, 5) is 4.04. The lowest BCUT2D eigenvalue weighted by molar-refractivity contribution is 0.197. The van der Waals surface area contributed by atoms with Crippen LogP contribution >= 0.6 is 0 Å². The molecule has 0 bridgehead atoms. The predicted molar refractivity (Wildman–Crippen MR) is 67.7 cm³/mol. The van der Waals surface area contributed by atoms with Gasteiger partial charge >= 0.3 is 0 Å². The summed E-state index contributed by atoms with van der Waals surface area (Å²) in [6, 6.07) is 13.9. The lowest BCUT2D eigenvalue weighted by Gasteiger charge is -2.18. The third-order valence-corrected chi connectivity index (χ3v) is 2.51. The predicted octanol–water partition coefficient (Wildman–Crippen LogP) is 2.55. The Hall–Kier alpha value is -1.87. The minimum absolute atomic E-state index is 0.00889. The molecule has 0 radical (unpaired) electrons. The van der Waals surface area contributed by atoms with Gasteiger partial charge in [0.15, 0.2) is 0 Å². The van der Waals surface area contributed by atoms with Crippen molar-refractivity contribution in [3.05, 3.63) is 60.4 Å². The van der Waals surface area contributed by atoms with Crippen LogP contribution in [0.4, 0.5) is 0 Å². The van der Waals surface area contributed by atoms with Crippen molar-refractivity contribution in [2.75, 3.05) is 6.54 Å². The fourth-order valence-corrected chi connectivity index (χ4v) is 1.69. The molecule has 2 N–H and O–H groups in total. The first kappa shape index (κ1) is 11.6. The van der Waals surface area contributed by atoms with Crippen LogP contribution in [-0.2, 0) is 0 Å². The number of hydrogen-bond acceptors (Lipinski definition) is 3. The minimum atomic E-state index is -0.00889. The second-order valence-electron chi connectivity index (χ2n) is 3.78. The van der Waals surface area contributed by atoms with Crippen LogP contribution in [0.5, 0.6) is 5.75 Å². The zero-order chi connectivity index (χ0) is 11.9. The molecule has 88 valence electrons. The van der Waals surface area contributed by atoms with E-state index in [1.165, 1.54) is 0 Å². The molecule has 2 rings (SSSR count). The Morgan fingerprint density at radius 1 is 1.12 bits per heavy atom. The molecule has 17 heavy (non-hydrogen) atoms. The first-order chi connectivity index (χ1) is 8.40. The minimum Gasteiger partial charge on any atom is -0.484 e. The van der Waals surface area contributed by atoms with Gasteiger partial charge in [0.1, 0.15) is 11.9 Å². The largest absolute Gasteiger partial charge is 0.484 e. The van der Waals surface area contributed by atoms with E-state index in [1.54, 1.807) is 12.4 Å². The van der Waals surface area contributed by atoms with E-state index in [0.29, 0.717) is 6.54 Å². The Morgan fingerprint density at radius 2 is 1.94 bits per heavy atom. The van der Waals surface area contributed by atoms with Crippen molar-refractivity contribution in [1.29, 1.82) is 0 Å². The maximum absolute atomic E-state index is 5.90. The summed E-state index contributed by atoms with van der Waals surface area (Å²) in [5.74, 6) is 0.773. The SMILES string of the molecule is NCCC(Oc1cccnc1)c1ccccc1. The van der Waals surface area contributed by atoms with Crippen LogP contribution < -0.4 is 10.5 Å². The van der Waals surface area contributed by atoms with Crippen LogP contribution in [0, 0.1) is 0 Å². The molecule has 0 fully saturated rings. The van der Waals surface area contributed by atoms with Gasteiger partial charge in [0, 0.05) is 12.6 Å². The summed E-state index contributed by atoms with van der Waals surface area (Å²) >= 11 is 0. The molecule has 0 saturated carbocycles. The molecule has 0 amide bonds. The van der Waals surface area contributed by atoms with Crippen molar-refractivity contribution >= 4 is 0 Å². The highest BCUT2D eigenvalue weighted by Gasteiger charge is 2.11. The third-order valence-electron chi connectivity index (χ3n) is 2.51. The highest BCUT2D eigenvalue weighted by molar-refractivity contribution is 5.21. The highest BCUT2D eigenvalue weighted by Crippen LogP contribution is 2.23. The number of nitrogens with two attached hydrogens (primary N) is 1. The van der Waals surface area contributed by atoms with Gasteiger partial charge in [-0.3, -0.25) is 4.98 Å². The zero-order valence-corrected chi connectivity index (χ0v) is 9.62. The van der Waals surface area contributed by atoms with Gasteiger partial charge in [-0.15, -0.1) is 0 Å². The molecule has 0 spiro atoms. The van der Waals surface area contributed by atoms with Gasteiger partial charge in [0.25, 0.3) is 0 Å². The van der Waals surface area contributed by atoms with Gasteiger partial charge in [-0.2, -0.15) is 0 Å². The van der Waals surface area contributed by atoms with Gasteiger partial charge in [-0.25, -0.2) is 0 Å². The molecule has 0 aliphatic rings. The van der Waals surface area contributed by atoms with Crippen LogP contribution in [0.3, 0.4) is 0 Å². The van der Waals surface area contributed by atoms with Gasteiger partial charge in [0.05, 0.1) is 6.20 Å². The first-order valence-electron chi connectivity index (χ1n) is 5.72. The van der Waals surface area contributed by atoms with Gasteiger partial charge in [-0.1, -0.05) is 30.3 Å². The molecule has 0 saturated heterocycles. The molecule has 3 heteroatoms. The molecule has 1 aromatic carbocycles. The normalized spacial score (nSPS) is 12.1. The first-order valence-corrected chi connectivity index (χ1v) is 5.72. The molecule has 1 atom stereocenters. The van der Waals surface area contributed by atoms with Crippen LogP contribution in [0.1, 0.15) is 18.1 Å². The maximum atomic E-state index is 5.90. The molecular weight excluding hydrogens is 212 g/mol. The van der Waals surface area contributed by atoms with Crippen molar-refractivity contribution in [2.45, 2.75) is 12.5 Å². The van der Waals surface area contributed by atoms with Crippen LogP contribution in [0.25, 0.3) is 0 Å². The van der Waals surface area contributed by atoms with E-state index < -0.39 is 0 Å². The fraction of sp³-hybridized carbons (Fsp3) is 0.214. The van der Waals surface area contributed by atoms with E-state index >= 15 is 0 Å². The number of hydrogen-bond donors (Lipinski definition) is 1. The Labute approximate surface area is 101 Å². The number of nitrogens with zero attached hydrogens (tertiary/aromatic N) is 1. The van der Waals surface area contributed by atoms with Gasteiger partial charge in [-0.05, 0) is 24.2 Å². The van der Waals surface area contributed by atoms with Crippen molar-refractivity contribution in [3.8, 4) is 5.75 Å². The summed E-state index contributed by atoms with van der Waals surface area (Å²) < 4.78 is 5.90. The Bertz CT molecular complexity index is 430. The Kier molecular flexibility index (Phi) is 4.11. The molecule has 1 aromatic heterocycles. The van der Waals surface area contributed by atoms with Crippen molar-refractivity contribution in [2.24, 2.45) is 5.73 Å². The number of rotatable bonds is 5. The number of benzene rings is 1. The maximum Gasteiger partial charge on any atom is 0.138 e. The van der Waals surface area contributed by atoms with Crippen molar-refractivity contribution in [1.82, 2.24) is 4.98 Å². The van der Waals surface area contributed by atoms with E-state index in [9.17, 15) is 0 Å². The van der Waals surface area contributed by atoms with E-state index in [0.717, 1.165) is 17.7 Å². The number of ether oxygens (including phenoxy) is 1. The average molecular weight is 228 g/mol. The second kappa shape index (κ2) is 6.01. The van der Waals surface area contributed by atoms with E-state index in [-0.39, 0.29) is 6.10 Å². The summed E-state index contributed by atoms with van der Waals surface area (Å²) in [6.07, 6.45) is 4.23. The van der Waals surface area contributed by atoms with E-state index in [4.69, 9.17) is 10.5 Å². The zero-order valence-electron chi connectivity index (χ0n) is 9.62. The van der Waals surface area contributed by atoms with E-state index in [1.807, 2.05) is 30.3 Å². The van der Waals surface area contributed by atoms with Gasteiger partial charge in [0.2, 0.25) is 0 Å². The second-order valence-corrected chi connectivity index (χ2v) is 3.78. The molecule has 0 aliphatic carbocycles. The monoisotopic (exact) mass is 228 g/mol. The summed E-state index contributed by atoms with van der Waals surface area (Å²) in [5, 5.41) is 0. The van der Waals surface area contributed by atoms with Crippen molar-refractivity contribution < 1.29 is 4.74 Å². The van der Waals surface area contributed by atoms with E-state index in [2.05, 4.69) is 17.1 Å². The highest BCUT2D eigenvalue weighted by atomic mass is 16.5. The smallest absolute Gasteiger partial charge is 0.138 e. The lowest BCUT2D eigenvalue weighted by atomic mass is 10.1.